The van der Waals surface area contributed by atoms with Crippen LogP contribution >= 0.6 is 0 Å². The van der Waals surface area contributed by atoms with Gasteiger partial charge in [0.05, 0.1) is 0 Å². The fraction of sp³-hybridized carbons (Fsp3) is 0.897. The molecule has 0 bridgehead atoms. The van der Waals surface area contributed by atoms with Gasteiger partial charge in [-0.25, -0.2) is 0 Å². The number of allylic oxidation sites excluding steroid dienone is 2. The maximum atomic E-state index is 13.3. The molecule has 0 radical (unpaired) electrons. The molecule has 1 heteroatoms. The van der Waals surface area contributed by atoms with Crippen LogP contribution in [0.2, 0.25) is 0 Å². The lowest BCUT2D eigenvalue weighted by molar-refractivity contribution is -0.154. The first kappa shape index (κ1) is 22.6. The first-order chi connectivity index (χ1) is 14.2. The molecule has 4 fully saturated rings. The Morgan fingerprint density at radius 1 is 0.933 bits per heavy atom. The number of ketones is 1. The van der Waals surface area contributed by atoms with Crippen LogP contribution in [0.25, 0.3) is 0 Å². The van der Waals surface area contributed by atoms with Crippen LogP contribution in [-0.4, -0.2) is 5.78 Å². The van der Waals surface area contributed by atoms with Crippen molar-refractivity contribution in [3.05, 3.63) is 12.2 Å². The monoisotopic (exact) mass is 412 g/mol. The molecule has 0 amide bonds. The highest BCUT2D eigenvalue weighted by Gasteiger charge is 2.61. The van der Waals surface area contributed by atoms with E-state index in [1.54, 1.807) is 0 Å². The molecule has 1 unspecified atom stereocenters. The van der Waals surface area contributed by atoms with Gasteiger partial charge in [-0.05, 0) is 97.2 Å². The summed E-state index contributed by atoms with van der Waals surface area (Å²) in [7, 11) is 0. The quantitative estimate of drug-likeness (QED) is 0.417. The van der Waals surface area contributed by atoms with Crippen LogP contribution in [0.4, 0.5) is 0 Å². The van der Waals surface area contributed by atoms with Crippen molar-refractivity contribution in [3.63, 3.8) is 0 Å². The van der Waals surface area contributed by atoms with Crippen molar-refractivity contribution >= 4 is 5.78 Å². The van der Waals surface area contributed by atoms with Crippen LogP contribution in [0.5, 0.6) is 0 Å². The Morgan fingerprint density at radius 2 is 1.67 bits per heavy atom. The molecular formula is C29H48O. The fourth-order valence-corrected chi connectivity index (χ4v) is 9.28. The van der Waals surface area contributed by atoms with Crippen LogP contribution in [-0.2, 0) is 4.79 Å². The second-order valence-electron chi connectivity index (χ2n) is 12.6. The summed E-state index contributed by atoms with van der Waals surface area (Å²) in [5.41, 5.74) is 0.761. The lowest BCUT2D eigenvalue weighted by atomic mass is 9.44. The van der Waals surface area contributed by atoms with Gasteiger partial charge in [0.25, 0.3) is 0 Å². The molecule has 0 heterocycles. The van der Waals surface area contributed by atoms with E-state index in [0.717, 1.165) is 30.1 Å². The minimum absolute atomic E-state index is 0.314. The smallest absolute Gasteiger partial charge is 0.136 e. The number of carbonyl (C=O) groups is 1. The number of Topliss-reactive ketones (excluding diaryl/α,β-unsaturated/α-hetero) is 1. The third-order valence-corrected chi connectivity index (χ3v) is 11.1. The molecule has 0 N–H and O–H groups in total. The van der Waals surface area contributed by atoms with Crippen molar-refractivity contribution in [3.8, 4) is 0 Å². The molecule has 0 aliphatic heterocycles. The van der Waals surface area contributed by atoms with Gasteiger partial charge < -0.3 is 0 Å². The number of hydrogen-bond acceptors (Lipinski definition) is 1. The summed E-state index contributed by atoms with van der Waals surface area (Å²) >= 11 is 0. The van der Waals surface area contributed by atoms with E-state index in [1.807, 2.05) is 0 Å². The van der Waals surface area contributed by atoms with Gasteiger partial charge in [-0.2, -0.15) is 0 Å². The number of rotatable bonds is 5. The van der Waals surface area contributed by atoms with Gasteiger partial charge in [-0.1, -0.05) is 66.5 Å². The maximum absolute atomic E-state index is 13.3. The molecule has 4 aliphatic carbocycles. The van der Waals surface area contributed by atoms with E-state index in [4.69, 9.17) is 0 Å². The Kier molecular flexibility index (Phi) is 6.33. The molecule has 9 atom stereocenters. The zero-order valence-electron chi connectivity index (χ0n) is 20.8. The predicted octanol–water partition coefficient (Wildman–Crippen LogP) is 8.09. The summed E-state index contributed by atoms with van der Waals surface area (Å²) in [5.74, 6) is 6.22. The zero-order valence-corrected chi connectivity index (χ0v) is 20.8. The van der Waals surface area contributed by atoms with E-state index < -0.39 is 0 Å². The molecule has 0 aromatic rings. The highest BCUT2D eigenvalue weighted by molar-refractivity contribution is 5.83. The van der Waals surface area contributed by atoms with Crippen molar-refractivity contribution < 1.29 is 4.79 Å². The van der Waals surface area contributed by atoms with E-state index >= 15 is 0 Å². The van der Waals surface area contributed by atoms with Crippen molar-refractivity contribution in [2.75, 3.05) is 0 Å². The van der Waals surface area contributed by atoms with Crippen molar-refractivity contribution in [1.82, 2.24) is 0 Å². The molecule has 170 valence electrons. The fourth-order valence-electron chi connectivity index (χ4n) is 9.28. The molecule has 0 spiro atoms. The minimum atomic E-state index is 0.314. The topological polar surface area (TPSA) is 17.1 Å². The van der Waals surface area contributed by atoms with Crippen molar-refractivity contribution in [2.45, 2.75) is 106 Å². The zero-order chi connectivity index (χ0) is 21.7. The first-order valence-corrected chi connectivity index (χ1v) is 13.4. The highest BCUT2D eigenvalue weighted by Crippen LogP contribution is 2.67. The molecule has 0 aromatic carbocycles. The lowest BCUT2D eigenvalue weighted by Gasteiger charge is -2.60. The molecule has 0 aromatic heterocycles. The summed E-state index contributed by atoms with van der Waals surface area (Å²) in [5, 5.41) is 0. The number of hydrogen-bond donors (Lipinski definition) is 0. The van der Waals surface area contributed by atoms with Crippen LogP contribution in [0, 0.1) is 58.2 Å². The summed E-state index contributed by atoms with van der Waals surface area (Å²) in [4.78, 5) is 13.3. The van der Waals surface area contributed by atoms with Crippen LogP contribution < -0.4 is 0 Å². The Hall–Kier alpha value is -0.590. The van der Waals surface area contributed by atoms with E-state index in [9.17, 15) is 4.79 Å². The van der Waals surface area contributed by atoms with Crippen LogP contribution in [0.1, 0.15) is 106 Å². The van der Waals surface area contributed by atoms with E-state index in [0.29, 0.717) is 40.3 Å². The van der Waals surface area contributed by atoms with Crippen LogP contribution in [0.3, 0.4) is 0 Å². The molecule has 4 aliphatic rings. The van der Waals surface area contributed by atoms with Crippen molar-refractivity contribution in [1.29, 1.82) is 0 Å². The minimum Gasteiger partial charge on any atom is -0.299 e. The SMILES string of the molecule is CC[C@H](C=C[C@@H](C)[C@H]1CC[C@H]2[C@@H]3CC(=O)C4CCCC[C@]4(C)[C@H]3CC[C@]12C)C(C)C. The van der Waals surface area contributed by atoms with E-state index in [1.165, 1.54) is 57.8 Å². The lowest BCUT2D eigenvalue weighted by Crippen LogP contribution is -2.55. The maximum Gasteiger partial charge on any atom is 0.136 e. The first-order valence-electron chi connectivity index (χ1n) is 13.4. The predicted molar refractivity (Wildman–Crippen MR) is 127 cm³/mol. The van der Waals surface area contributed by atoms with Gasteiger partial charge in [0.15, 0.2) is 0 Å². The average Bonchev–Trinajstić information content (AvgIpc) is 3.05. The van der Waals surface area contributed by atoms with Gasteiger partial charge >= 0.3 is 0 Å². The van der Waals surface area contributed by atoms with Gasteiger partial charge in [-0.3, -0.25) is 4.79 Å². The van der Waals surface area contributed by atoms with Gasteiger partial charge in [0, 0.05) is 12.3 Å². The highest BCUT2D eigenvalue weighted by atomic mass is 16.1. The second kappa shape index (κ2) is 8.40. The summed E-state index contributed by atoms with van der Waals surface area (Å²) in [6.45, 7) is 14.7. The standard InChI is InChI=1S/C29H48O/c1-7-21(19(2)3)12-11-20(4)23-13-14-24-22-18-27(30)26-10-8-9-16-28(26,5)25(22)15-17-29(23,24)6/h11-12,19-26H,7-10,13-18H2,1-6H3/t20-,21-,22+,23-,24+,25+,26?,28-,29-/m1/s1. The molecule has 30 heavy (non-hydrogen) atoms. The Balaban J connectivity index is 1.53. The Bertz CT molecular complexity index is 661. The normalized spacial score (nSPS) is 45.8. The number of fused-ring (bicyclic) bond motifs is 5. The van der Waals surface area contributed by atoms with Gasteiger partial charge in [-0.15, -0.1) is 0 Å². The number of carbonyl (C=O) groups excluding carboxylic acids is 1. The largest absolute Gasteiger partial charge is 0.299 e. The second-order valence-corrected chi connectivity index (χ2v) is 12.6. The average molecular weight is 413 g/mol. The summed E-state index contributed by atoms with van der Waals surface area (Å²) in [6.07, 6.45) is 17.9. The van der Waals surface area contributed by atoms with E-state index in [-0.39, 0.29) is 0 Å². The van der Waals surface area contributed by atoms with Crippen molar-refractivity contribution in [2.24, 2.45) is 58.2 Å². The molecular weight excluding hydrogens is 364 g/mol. The molecule has 1 nitrogen and oxygen atoms in total. The van der Waals surface area contributed by atoms with Gasteiger partial charge in [0.1, 0.15) is 5.78 Å². The van der Waals surface area contributed by atoms with Gasteiger partial charge in [0.2, 0.25) is 0 Å². The third-order valence-electron chi connectivity index (χ3n) is 11.1. The Labute approximate surface area is 186 Å². The molecule has 4 saturated carbocycles. The molecule has 0 saturated heterocycles. The Morgan fingerprint density at radius 3 is 2.37 bits per heavy atom. The summed E-state index contributed by atoms with van der Waals surface area (Å²) < 4.78 is 0. The molecule has 4 rings (SSSR count). The van der Waals surface area contributed by atoms with E-state index in [2.05, 4.69) is 53.7 Å². The summed E-state index contributed by atoms with van der Waals surface area (Å²) in [6, 6.07) is 0. The van der Waals surface area contributed by atoms with Crippen LogP contribution in [0.15, 0.2) is 12.2 Å². The third kappa shape index (κ3) is 3.55.